The molecule has 1 saturated heterocycles. The second-order valence-electron chi connectivity index (χ2n) is 8.69. The second kappa shape index (κ2) is 12.7. The molecule has 1 aliphatic rings. The lowest BCUT2D eigenvalue weighted by Crippen LogP contribution is -2.36. The van der Waals surface area contributed by atoms with Crippen molar-refractivity contribution in [3.05, 3.63) is 64.2 Å². The summed E-state index contributed by atoms with van der Waals surface area (Å²) in [5, 5.41) is 14.9. The lowest BCUT2D eigenvalue weighted by atomic mass is 10.1. The molecule has 1 fully saturated rings. The van der Waals surface area contributed by atoms with Gasteiger partial charge >= 0.3 is 5.97 Å². The molecule has 0 unspecified atom stereocenters. The van der Waals surface area contributed by atoms with E-state index in [-0.39, 0.29) is 17.3 Å². The summed E-state index contributed by atoms with van der Waals surface area (Å²) in [6.07, 6.45) is 3.21. The van der Waals surface area contributed by atoms with Crippen LogP contribution in [-0.2, 0) is 0 Å². The van der Waals surface area contributed by atoms with E-state index in [4.69, 9.17) is 16.2 Å². The average molecular weight is 522 g/mol. The first-order chi connectivity index (χ1) is 18.5. The third-order valence-electron chi connectivity index (χ3n) is 5.96. The van der Waals surface area contributed by atoms with Crippen LogP contribution < -0.4 is 31.3 Å². The Balaban J connectivity index is 1.64. The zero-order valence-corrected chi connectivity index (χ0v) is 21.0. The quantitative estimate of drug-likeness (QED) is 0.145. The van der Waals surface area contributed by atoms with Crippen LogP contribution in [0.2, 0.25) is 0 Å². The van der Waals surface area contributed by atoms with Gasteiger partial charge in [0.2, 0.25) is 17.8 Å². The second-order valence-corrected chi connectivity index (χ2v) is 8.69. The Labute approximate surface area is 220 Å². The van der Waals surface area contributed by atoms with Crippen LogP contribution in [0.3, 0.4) is 0 Å². The molecule has 0 amide bonds. The molecule has 3 aromatic rings. The molecule has 38 heavy (non-hydrogen) atoms. The highest BCUT2D eigenvalue weighted by atomic mass is 16.6. The van der Waals surface area contributed by atoms with Gasteiger partial charge in [0.25, 0.3) is 5.69 Å². The molecule has 0 spiro atoms. The highest BCUT2D eigenvalue weighted by Crippen LogP contribution is 2.28. The van der Waals surface area contributed by atoms with E-state index in [1.807, 2.05) is 4.90 Å². The number of carbonyl (C=O) groups is 1. The molecule has 13 nitrogen and oxygen atoms in total. The van der Waals surface area contributed by atoms with E-state index in [9.17, 15) is 14.9 Å². The minimum Gasteiger partial charge on any atom is -0.423 e. The molecule has 4 rings (SSSR count). The number of piperidine rings is 1. The van der Waals surface area contributed by atoms with Crippen molar-refractivity contribution in [2.45, 2.75) is 19.3 Å². The van der Waals surface area contributed by atoms with Gasteiger partial charge in [-0.2, -0.15) is 15.0 Å². The number of anilines is 4. The molecular weight excluding hydrogens is 490 g/mol. The largest absolute Gasteiger partial charge is 0.423 e. The fourth-order valence-corrected chi connectivity index (χ4v) is 4.12. The van der Waals surface area contributed by atoms with Crippen molar-refractivity contribution in [3.63, 3.8) is 0 Å². The maximum atomic E-state index is 12.7. The molecule has 5 N–H and O–H groups in total. The first-order valence-electron chi connectivity index (χ1n) is 12.5. The van der Waals surface area contributed by atoms with E-state index in [0.29, 0.717) is 43.8 Å². The molecule has 200 valence electrons. The van der Waals surface area contributed by atoms with Crippen LogP contribution >= 0.6 is 0 Å². The number of hydrogen-bond acceptors (Lipinski definition) is 12. The molecule has 2 aromatic carbocycles. The third kappa shape index (κ3) is 6.69. The first-order valence-corrected chi connectivity index (χ1v) is 12.5. The number of ether oxygens (including phenoxy) is 1. The van der Waals surface area contributed by atoms with Crippen molar-refractivity contribution in [1.29, 1.82) is 0 Å². The zero-order chi connectivity index (χ0) is 26.9. The Morgan fingerprint density at radius 2 is 1.74 bits per heavy atom. The monoisotopic (exact) mass is 521 g/mol. The number of para-hydroxylation sites is 1. The number of benzene rings is 2. The van der Waals surface area contributed by atoms with E-state index < -0.39 is 16.6 Å². The van der Waals surface area contributed by atoms with Crippen molar-refractivity contribution in [2.24, 2.45) is 11.5 Å². The first kappa shape index (κ1) is 26.7. The summed E-state index contributed by atoms with van der Waals surface area (Å²) < 4.78 is 5.29. The Bertz CT molecular complexity index is 1250. The van der Waals surface area contributed by atoms with Gasteiger partial charge in [-0.1, -0.05) is 18.2 Å². The Kier molecular flexibility index (Phi) is 8.95. The minimum absolute atomic E-state index is 0.174. The SMILES string of the molecule is NCCN(CCN)c1nc(Nc2ccc(C(=O)Oc3ccccc3)c([N+](=O)[O-])c2)nc(N2CCCCC2)n1. The molecule has 1 aromatic heterocycles. The van der Waals surface area contributed by atoms with Gasteiger partial charge in [-0.05, 0) is 43.5 Å². The zero-order valence-electron chi connectivity index (χ0n) is 21.0. The average Bonchev–Trinajstić information content (AvgIpc) is 2.93. The van der Waals surface area contributed by atoms with Crippen molar-refractivity contribution < 1.29 is 14.5 Å². The van der Waals surface area contributed by atoms with Crippen molar-refractivity contribution >= 4 is 35.2 Å². The maximum absolute atomic E-state index is 12.7. The van der Waals surface area contributed by atoms with Crippen LogP contribution in [0.25, 0.3) is 0 Å². The number of carbonyl (C=O) groups excluding carboxylic acids is 1. The Hall–Kier alpha value is -4.36. The van der Waals surface area contributed by atoms with Crippen molar-refractivity contribution in [1.82, 2.24) is 15.0 Å². The highest BCUT2D eigenvalue weighted by Gasteiger charge is 2.24. The normalized spacial score (nSPS) is 13.2. The third-order valence-corrected chi connectivity index (χ3v) is 5.96. The summed E-state index contributed by atoms with van der Waals surface area (Å²) in [5.74, 6) is 0.592. The van der Waals surface area contributed by atoms with Crippen LogP contribution in [0.15, 0.2) is 48.5 Å². The van der Waals surface area contributed by atoms with Crippen LogP contribution in [0.4, 0.5) is 29.2 Å². The van der Waals surface area contributed by atoms with Crippen LogP contribution in [0.5, 0.6) is 5.75 Å². The van der Waals surface area contributed by atoms with Gasteiger partial charge < -0.3 is 31.3 Å². The predicted molar refractivity (Wildman–Crippen MR) is 144 cm³/mol. The number of nitro groups is 1. The van der Waals surface area contributed by atoms with Gasteiger partial charge in [0.1, 0.15) is 11.3 Å². The standard InChI is InChI=1S/C25H31N9O4/c26-11-15-33(16-12-27)25-30-23(29-24(31-25)32-13-5-2-6-14-32)28-18-9-10-20(21(17-18)34(36)37)22(35)38-19-7-3-1-4-8-19/h1,3-4,7-10,17H,2,5-6,11-16,26-27H2,(H,28,29,30,31). The highest BCUT2D eigenvalue weighted by molar-refractivity contribution is 5.96. The summed E-state index contributed by atoms with van der Waals surface area (Å²) in [7, 11) is 0. The summed E-state index contributed by atoms with van der Waals surface area (Å²) in [5.41, 5.74) is 11.3. The molecule has 0 radical (unpaired) electrons. The van der Waals surface area contributed by atoms with Gasteiger partial charge in [0.05, 0.1) is 4.92 Å². The summed E-state index contributed by atoms with van der Waals surface area (Å²) in [4.78, 5) is 41.6. The Morgan fingerprint density at radius 1 is 1.03 bits per heavy atom. The van der Waals surface area contributed by atoms with Crippen molar-refractivity contribution in [3.8, 4) is 5.75 Å². The number of nitrogens with zero attached hydrogens (tertiary/aromatic N) is 6. The van der Waals surface area contributed by atoms with Crippen LogP contribution in [-0.4, -0.2) is 65.1 Å². The summed E-state index contributed by atoms with van der Waals surface area (Å²) in [6.45, 7) is 3.43. The van der Waals surface area contributed by atoms with E-state index >= 15 is 0 Å². The van der Waals surface area contributed by atoms with Gasteiger partial charge in [-0.3, -0.25) is 10.1 Å². The fraction of sp³-hybridized carbons (Fsp3) is 0.360. The molecular formula is C25H31N9O4. The molecule has 0 aliphatic carbocycles. The van der Waals surface area contributed by atoms with Gasteiger partial charge in [-0.25, -0.2) is 4.79 Å². The van der Waals surface area contributed by atoms with Crippen molar-refractivity contribution in [2.75, 3.05) is 54.4 Å². The van der Waals surface area contributed by atoms with E-state index in [0.717, 1.165) is 32.4 Å². The summed E-state index contributed by atoms with van der Waals surface area (Å²) >= 11 is 0. The van der Waals surface area contributed by atoms with Gasteiger partial charge in [-0.15, -0.1) is 0 Å². The molecule has 2 heterocycles. The van der Waals surface area contributed by atoms with E-state index in [1.54, 1.807) is 30.3 Å². The number of nitrogens with two attached hydrogens (primary N) is 2. The van der Waals surface area contributed by atoms with E-state index in [1.165, 1.54) is 18.2 Å². The maximum Gasteiger partial charge on any atom is 0.350 e. The van der Waals surface area contributed by atoms with Gasteiger partial charge in [0.15, 0.2) is 0 Å². The number of aromatic nitrogens is 3. The fourth-order valence-electron chi connectivity index (χ4n) is 4.12. The molecule has 0 bridgehead atoms. The number of rotatable bonds is 11. The number of hydrogen-bond donors (Lipinski definition) is 3. The Morgan fingerprint density at radius 3 is 2.39 bits per heavy atom. The number of esters is 1. The molecule has 0 saturated carbocycles. The van der Waals surface area contributed by atoms with Gasteiger partial charge in [0, 0.05) is 51.0 Å². The van der Waals surface area contributed by atoms with Crippen LogP contribution in [0, 0.1) is 10.1 Å². The predicted octanol–water partition coefficient (Wildman–Crippen LogP) is 2.46. The smallest absolute Gasteiger partial charge is 0.350 e. The lowest BCUT2D eigenvalue weighted by Gasteiger charge is -2.28. The summed E-state index contributed by atoms with van der Waals surface area (Å²) in [6, 6.07) is 12.5. The molecule has 1 aliphatic heterocycles. The number of nitrogens with one attached hydrogen (secondary N) is 1. The molecule has 13 heteroatoms. The lowest BCUT2D eigenvalue weighted by molar-refractivity contribution is -0.385. The van der Waals surface area contributed by atoms with E-state index in [2.05, 4.69) is 25.2 Å². The minimum atomic E-state index is -0.830. The molecule has 0 atom stereocenters. The number of nitro benzene ring substituents is 1. The topological polar surface area (TPSA) is 179 Å². The van der Waals surface area contributed by atoms with Crippen LogP contribution in [0.1, 0.15) is 29.6 Å².